The molecular weight excluding hydrogens is 294 g/mol. The van der Waals surface area contributed by atoms with Gasteiger partial charge in [0.05, 0.1) is 36.5 Å². The molecule has 2 aromatic rings. The van der Waals surface area contributed by atoms with E-state index in [0.29, 0.717) is 31.7 Å². The van der Waals surface area contributed by atoms with Crippen LogP contribution in [0.25, 0.3) is 10.9 Å². The van der Waals surface area contributed by atoms with Gasteiger partial charge in [0.2, 0.25) is 0 Å². The van der Waals surface area contributed by atoms with Gasteiger partial charge in [0, 0.05) is 24.3 Å². The molecular formula is C17H19N3O3. The van der Waals surface area contributed by atoms with E-state index >= 15 is 0 Å². The van der Waals surface area contributed by atoms with Crippen molar-refractivity contribution in [2.75, 3.05) is 19.8 Å². The first-order valence-electron chi connectivity index (χ1n) is 8.09. The van der Waals surface area contributed by atoms with E-state index in [-0.39, 0.29) is 23.7 Å². The second-order valence-electron chi connectivity index (χ2n) is 6.25. The number of hydrogen-bond donors (Lipinski definition) is 1. The summed E-state index contributed by atoms with van der Waals surface area (Å²) in [7, 11) is 0. The van der Waals surface area contributed by atoms with E-state index in [2.05, 4.69) is 10.2 Å². The summed E-state index contributed by atoms with van der Waals surface area (Å²) >= 11 is 0. The molecule has 6 nitrogen and oxygen atoms in total. The van der Waals surface area contributed by atoms with Crippen LogP contribution in [0.4, 0.5) is 0 Å². The van der Waals surface area contributed by atoms with Gasteiger partial charge in [-0.2, -0.15) is 5.10 Å². The van der Waals surface area contributed by atoms with E-state index in [1.165, 1.54) is 0 Å². The minimum absolute atomic E-state index is 0.0483. The molecule has 1 aromatic carbocycles. The normalized spacial score (nSPS) is 25.2. The first-order valence-corrected chi connectivity index (χ1v) is 8.09. The Balaban J connectivity index is 1.68. The summed E-state index contributed by atoms with van der Waals surface area (Å²) in [6.45, 7) is 1.49. The van der Waals surface area contributed by atoms with Gasteiger partial charge in [0.15, 0.2) is 0 Å². The molecule has 1 saturated carbocycles. The summed E-state index contributed by atoms with van der Waals surface area (Å²) in [4.78, 5) is 27.1. The number of amides is 1. The number of ketones is 1. The molecule has 1 saturated heterocycles. The molecule has 0 bridgehead atoms. The minimum atomic E-state index is -0.149. The molecule has 1 N–H and O–H groups in total. The van der Waals surface area contributed by atoms with Crippen LogP contribution in [0.1, 0.15) is 29.6 Å². The molecule has 2 atom stereocenters. The van der Waals surface area contributed by atoms with E-state index in [1.807, 2.05) is 23.1 Å². The summed E-state index contributed by atoms with van der Waals surface area (Å²) in [5, 5.41) is 7.84. The summed E-state index contributed by atoms with van der Waals surface area (Å²) < 4.78 is 5.57. The lowest BCUT2D eigenvalue weighted by atomic mass is 9.94. The predicted molar refractivity (Wildman–Crippen MR) is 84.1 cm³/mol. The number of nitrogens with one attached hydrogen (secondary N) is 1. The number of Topliss-reactive ketones (excluding diaryl/α,β-unsaturated/α-hetero) is 1. The molecule has 1 aliphatic heterocycles. The highest BCUT2D eigenvalue weighted by Gasteiger charge is 2.39. The van der Waals surface area contributed by atoms with Crippen LogP contribution < -0.4 is 0 Å². The molecule has 6 heteroatoms. The van der Waals surface area contributed by atoms with Crippen molar-refractivity contribution in [3.8, 4) is 0 Å². The number of benzene rings is 1. The number of nitrogens with zero attached hydrogens (tertiary/aromatic N) is 2. The zero-order valence-electron chi connectivity index (χ0n) is 12.8. The standard InChI is InChI=1S/C17H19N3O3/c21-15-6-2-4-12(15)14-10-23-8-7-20(14)17(22)13-5-1-3-11-9-18-19-16(11)13/h1,3,5,9,12,14H,2,4,6-8,10H2,(H,18,19). The minimum Gasteiger partial charge on any atom is -0.377 e. The first-order chi connectivity index (χ1) is 11.3. The fourth-order valence-corrected chi connectivity index (χ4v) is 3.76. The maximum absolute atomic E-state index is 13.1. The van der Waals surface area contributed by atoms with Crippen LogP contribution in [0.15, 0.2) is 24.4 Å². The number of aromatic nitrogens is 2. The highest BCUT2D eigenvalue weighted by molar-refractivity contribution is 6.05. The monoisotopic (exact) mass is 313 g/mol. The van der Waals surface area contributed by atoms with Crippen molar-refractivity contribution in [1.29, 1.82) is 0 Å². The Hall–Kier alpha value is -2.21. The Labute approximate surface area is 133 Å². The van der Waals surface area contributed by atoms with E-state index in [9.17, 15) is 9.59 Å². The van der Waals surface area contributed by atoms with Crippen LogP contribution >= 0.6 is 0 Å². The van der Waals surface area contributed by atoms with Crippen LogP contribution in [0, 0.1) is 5.92 Å². The van der Waals surface area contributed by atoms with Crippen molar-refractivity contribution in [3.63, 3.8) is 0 Å². The number of ether oxygens (including phenoxy) is 1. The SMILES string of the molecule is O=C1CCCC1C1COCCN1C(=O)c1cccc2cn[nH]c12. The summed E-state index contributed by atoms with van der Waals surface area (Å²) in [5.41, 5.74) is 1.36. The van der Waals surface area contributed by atoms with Crippen molar-refractivity contribution in [1.82, 2.24) is 15.1 Å². The second-order valence-corrected chi connectivity index (χ2v) is 6.25. The number of carbonyl (C=O) groups is 2. The average molecular weight is 313 g/mol. The van der Waals surface area contributed by atoms with E-state index < -0.39 is 0 Å². The van der Waals surface area contributed by atoms with Gasteiger partial charge in [0.25, 0.3) is 5.91 Å². The number of fused-ring (bicyclic) bond motifs is 1. The third-order valence-electron chi connectivity index (χ3n) is 4.95. The number of carbonyl (C=O) groups excluding carboxylic acids is 2. The van der Waals surface area contributed by atoms with Crippen molar-refractivity contribution in [2.24, 2.45) is 5.92 Å². The van der Waals surface area contributed by atoms with Crippen LogP contribution in [0.3, 0.4) is 0 Å². The Morgan fingerprint density at radius 1 is 1.39 bits per heavy atom. The van der Waals surface area contributed by atoms with Gasteiger partial charge < -0.3 is 9.64 Å². The molecule has 1 amide bonds. The number of hydrogen-bond acceptors (Lipinski definition) is 4. The molecule has 1 aliphatic carbocycles. The van der Waals surface area contributed by atoms with Gasteiger partial charge in [-0.15, -0.1) is 0 Å². The molecule has 0 radical (unpaired) electrons. The smallest absolute Gasteiger partial charge is 0.256 e. The van der Waals surface area contributed by atoms with Crippen LogP contribution in [-0.4, -0.2) is 52.6 Å². The molecule has 0 spiro atoms. The molecule has 2 unspecified atom stereocenters. The fraction of sp³-hybridized carbons (Fsp3) is 0.471. The highest BCUT2D eigenvalue weighted by atomic mass is 16.5. The van der Waals surface area contributed by atoms with Crippen molar-refractivity contribution < 1.29 is 14.3 Å². The maximum atomic E-state index is 13.1. The van der Waals surface area contributed by atoms with Gasteiger partial charge in [-0.25, -0.2) is 0 Å². The number of para-hydroxylation sites is 1. The Bertz CT molecular complexity index is 754. The molecule has 4 rings (SSSR count). The molecule has 120 valence electrons. The van der Waals surface area contributed by atoms with Gasteiger partial charge in [-0.05, 0) is 18.9 Å². The van der Waals surface area contributed by atoms with Crippen LogP contribution in [-0.2, 0) is 9.53 Å². The second kappa shape index (κ2) is 5.77. The number of rotatable bonds is 2. The van der Waals surface area contributed by atoms with Crippen molar-refractivity contribution >= 4 is 22.6 Å². The topological polar surface area (TPSA) is 75.3 Å². The number of morpholine rings is 1. The van der Waals surface area contributed by atoms with E-state index in [4.69, 9.17) is 4.74 Å². The molecule has 1 aromatic heterocycles. The fourth-order valence-electron chi connectivity index (χ4n) is 3.76. The summed E-state index contributed by atoms with van der Waals surface area (Å²) in [6, 6.07) is 5.45. The van der Waals surface area contributed by atoms with Crippen molar-refractivity contribution in [3.05, 3.63) is 30.0 Å². The zero-order valence-corrected chi connectivity index (χ0v) is 12.8. The number of aromatic amines is 1. The lowest BCUT2D eigenvalue weighted by Gasteiger charge is -2.38. The summed E-state index contributed by atoms with van der Waals surface area (Å²) in [5.74, 6) is 0.131. The third-order valence-corrected chi connectivity index (χ3v) is 4.95. The lowest BCUT2D eigenvalue weighted by molar-refractivity contribution is -0.124. The highest BCUT2D eigenvalue weighted by Crippen LogP contribution is 2.30. The van der Waals surface area contributed by atoms with Gasteiger partial charge >= 0.3 is 0 Å². The van der Waals surface area contributed by atoms with E-state index in [1.54, 1.807) is 6.20 Å². The third kappa shape index (κ3) is 2.43. The molecule has 2 heterocycles. The predicted octanol–water partition coefficient (Wildman–Crippen LogP) is 1.77. The van der Waals surface area contributed by atoms with Gasteiger partial charge in [-0.3, -0.25) is 14.7 Å². The van der Waals surface area contributed by atoms with Crippen molar-refractivity contribution in [2.45, 2.75) is 25.3 Å². The Kier molecular flexibility index (Phi) is 3.61. The van der Waals surface area contributed by atoms with Gasteiger partial charge in [-0.1, -0.05) is 12.1 Å². The van der Waals surface area contributed by atoms with Crippen LogP contribution in [0.5, 0.6) is 0 Å². The Morgan fingerprint density at radius 3 is 3.13 bits per heavy atom. The van der Waals surface area contributed by atoms with E-state index in [0.717, 1.165) is 23.7 Å². The quantitative estimate of drug-likeness (QED) is 0.917. The number of H-pyrrole nitrogens is 1. The molecule has 2 aliphatic rings. The van der Waals surface area contributed by atoms with Gasteiger partial charge in [0.1, 0.15) is 5.78 Å². The Morgan fingerprint density at radius 2 is 2.30 bits per heavy atom. The molecule has 23 heavy (non-hydrogen) atoms. The lowest BCUT2D eigenvalue weighted by Crippen LogP contribution is -2.53. The maximum Gasteiger partial charge on any atom is 0.256 e. The average Bonchev–Trinajstić information content (AvgIpc) is 3.22. The first kappa shape index (κ1) is 14.4. The van der Waals surface area contributed by atoms with Crippen LogP contribution in [0.2, 0.25) is 0 Å². The molecule has 2 fully saturated rings. The summed E-state index contributed by atoms with van der Waals surface area (Å²) in [6.07, 6.45) is 4.10. The largest absolute Gasteiger partial charge is 0.377 e. The zero-order chi connectivity index (χ0) is 15.8.